The molecular weight excluding hydrogens is 260 g/mol. The van der Waals surface area contributed by atoms with Gasteiger partial charge in [-0.3, -0.25) is 4.98 Å². The summed E-state index contributed by atoms with van der Waals surface area (Å²) in [5, 5.41) is 3.50. The zero-order valence-corrected chi connectivity index (χ0v) is 14.0. The van der Waals surface area contributed by atoms with E-state index >= 15 is 0 Å². The molecule has 21 heavy (non-hydrogen) atoms. The predicted octanol–water partition coefficient (Wildman–Crippen LogP) is 4.35. The Morgan fingerprint density at radius 2 is 2.05 bits per heavy atom. The van der Waals surface area contributed by atoms with Crippen LogP contribution in [0.15, 0.2) is 18.5 Å². The van der Waals surface area contributed by atoms with Crippen molar-refractivity contribution in [1.82, 2.24) is 10.3 Å². The Balaban J connectivity index is 2.07. The van der Waals surface area contributed by atoms with E-state index in [0.29, 0.717) is 17.4 Å². The highest BCUT2D eigenvalue weighted by Crippen LogP contribution is 2.42. The Hall–Kier alpha value is -1.09. The second-order valence-electron chi connectivity index (χ2n) is 7.07. The Labute approximate surface area is 129 Å². The molecule has 1 aromatic rings. The first kappa shape index (κ1) is 16.3. The molecule has 0 bridgehead atoms. The lowest BCUT2D eigenvalue weighted by Crippen LogP contribution is -2.31. The van der Waals surface area contributed by atoms with E-state index in [-0.39, 0.29) is 0 Å². The summed E-state index contributed by atoms with van der Waals surface area (Å²) < 4.78 is 5.72. The van der Waals surface area contributed by atoms with Gasteiger partial charge in [-0.15, -0.1) is 0 Å². The molecule has 1 aliphatic carbocycles. The van der Waals surface area contributed by atoms with Crippen molar-refractivity contribution >= 4 is 0 Å². The van der Waals surface area contributed by atoms with Crippen molar-refractivity contribution in [2.75, 3.05) is 13.7 Å². The molecule has 0 saturated heterocycles. The Bertz CT molecular complexity index is 435. The van der Waals surface area contributed by atoms with Gasteiger partial charge in [0, 0.05) is 12.2 Å². The smallest absolute Gasteiger partial charge is 0.137 e. The molecule has 1 fully saturated rings. The molecule has 1 aliphatic rings. The molecule has 1 unspecified atom stereocenters. The third-order valence-electron chi connectivity index (χ3n) is 4.73. The van der Waals surface area contributed by atoms with Crippen LogP contribution in [0, 0.1) is 11.3 Å². The maximum absolute atomic E-state index is 5.72. The van der Waals surface area contributed by atoms with Crippen molar-refractivity contribution in [3.05, 3.63) is 24.0 Å². The number of rotatable bonds is 6. The summed E-state index contributed by atoms with van der Waals surface area (Å²) in [6.07, 6.45) is 10.0. The van der Waals surface area contributed by atoms with Crippen molar-refractivity contribution in [2.24, 2.45) is 11.3 Å². The molecule has 0 radical (unpaired) electrons. The largest absolute Gasteiger partial charge is 0.492 e. The van der Waals surface area contributed by atoms with Gasteiger partial charge in [0.1, 0.15) is 5.75 Å². The van der Waals surface area contributed by atoms with Crippen LogP contribution in [-0.4, -0.2) is 18.6 Å². The third-order valence-corrected chi connectivity index (χ3v) is 4.73. The predicted molar refractivity (Wildman–Crippen MR) is 87.6 cm³/mol. The molecule has 1 N–H and O–H groups in total. The molecule has 1 aromatic heterocycles. The maximum Gasteiger partial charge on any atom is 0.137 e. The quantitative estimate of drug-likeness (QED) is 0.846. The molecule has 0 spiro atoms. The molecule has 1 heterocycles. The van der Waals surface area contributed by atoms with Crippen molar-refractivity contribution in [3.8, 4) is 5.75 Å². The Morgan fingerprint density at radius 1 is 1.33 bits per heavy atom. The summed E-state index contributed by atoms with van der Waals surface area (Å²) in [6.45, 7) is 7.65. The molecule has 3 heteroatoms. The van der Waals surface area contributed by atoms with Crippen molar-refractivity contribution in [2.45, 2.75) is 58.9 Å². The van der Waals surface area contributed by atoms with Gasteiger partial charge in [-0.1, -0.05) is 20.8 Å². The fourth-order valence-electron chi connectivity index (χ4n) is 3.33. The second-order valence-corrected chi connectivity index (χ2v) is 7.07. The van der Waals surface area contributed by atoms with Gasteiger partial charge in [0.05, 0.1) is 12.8 Å². The summed E-state index contributed by atoms with van der Waals surface area (Å²) in [4.78, 5) is 4.36. The van der Waals surface area contributed by atoms with Crippen LogP contribution in [0.3, 0.4) is 0 Å². The van der Waals surface area contributed by atoms with Crippen LogP contribution in [0.25, 0.3) is 0 Å². The summed E-state index contributed by atoms with van der Waals surface area (Å²) in [7, 11) is 2.06. The normalized spacial score (nSPS) is 20.2. The van der Waals surface area contributed by atoms with E-state index in [0.717, 1.165) is 18.8 Å². The number of nitrogens with zero attached hydrogens (tertiary/aromatic N) is 1. The van der Waals surface area contributed by atoms with E-state index in [1.54, 1.807) is 0 Å². The molecule has 118 valence electrons. The minimum Gasteiger partial charge on any atom is -0.492 e. The van der Waals surface area contributed by atoms with Crippen molar-refractivity contribution < 1.29 is 4.74 Å². The van der Waals surface area contributed by atoms with Crippen LogP contribution in [0.5, 0.6) is 5.75 Å². The lowest BCUT2D eigenvalue weighted by atomic mass is 9.70. The van der Waals surface area contributed by atoms with E-state index in [9.17, 15) is 0 Å². The van der Waals surface area contributed by atoms with Crippen LogP contribution in [-0.2, 0) is 0 Å². The van der Waals surface area contributed by atoms with E-state index < -0.39 is 0 Å². The van der Waals surface area contributed by atoms with Crippen molar-refractivity contribution in [1.29, 1.82) is 0 Å². The lowest BCUT2D eigenvalue weighted by molar-refractivity contribution is 0.164. The number of pyridine rings is 1. The Morgan fingerprint density at radius 3 is 2.67 bits per heavy atom. The van der Waals surface area contributed by atoms with Gasteiger partial charge in [-0.2, -0.15) is 0 Å². The van der Waals surface area contributed by atoms with Gasteiger partial charge >= 0.3 is 0 Å². The summed E-state index contributed by atoms with van der Waals surface area (Å²) in [5.74, 6) is 1.59. The van der Waals surface area contributed by atoms with Gasteiger partial charge in [0.25, 0.3) is 0 Å². The Kier molecular flexibility index (Phi) is 5.63. The molecule has 2 rings (SSSR count). The van der Waals surface area contributed by atoms with Gasteiger partial charge < -0.3 is 10.1 Å². The monoisotopic (exact) mass is 290 g/mol. The molecule has 0 aromatic carbocycles. The third kappa shape index (κ3) is 4.44. The molecular formula is C18H30N2O. The fraction of sp³-hybridized carbons (Fsp3) is 0.722. The molecule has 0 aliphatic heterocycles. The standard InChI is InChI=1S/C18H30N2O/c1-5-10-21-16-11-15(12-20-13-16)17(19-4)14-6-8-18(2,3)9-7-14/h11-14,17,19H,5-10H2,1-4H3. The molecule has 0 amide bonds. The average molecular weight is 290 g/mol. The SMILES string of the molecule is CCCOc1cncc(C(NC)C2CCC(C)(C)CC2)c1. The fourth-order valence-corrected chi connectivity index (χ4v) is 3.33. The van der Waals surface area contributed by atoms with E-state index in [4.69, 9.17) is 4.74 Å². The van der Waals surface area contributed by atoms with Crippen LogP contribution >= 0.6 is 0 Å². The van der Waals surface area contributed by atoms with Gasteiger partial charge in [0.15, 0.2) is 0 Å². The number of hydrogen-bond donors (Lipinski definition) is 1. The topological polar surface area (TPSA) is 34.1 Å². The summed E-state index contributed by atoms with van der Waals surface area (Å²) >= 11 is 0. The number of aromatic nitrogens is 1. The second kappa shape index (κ2) is 7.26. The van der Waals surface area contributed by atoms with Gasteiger partial charge in [-0.25, -0.2) is 0 Å². The first-order chi connectivity index (χ1) is 10.1. The lowest BCUT2D eigenvalue weighted by Gasteiger charge is -2.38. The maximum atomic E-state index is 5.72. The summed E-state index contributed by atoms with van der Waals surface area (Å²) in [6, 6.07) is 2.54. The number of nitrogens with one attached hydrogen (secondary N) is 1. The number of hydrogen-bond acceptors (Lipinski definition) is 3. The molecule has 1 atom stereocenters. The first-order valence-electron chi connectivity index (χ1n) is 8.31. The first-order valence-corrected chi connectivity index (χ1v) is 8.31. The minimum atomic E-state index is 0.388. The minimum absolute atomic E-state index is 0.388. The molecule has 3 nitrogen and oxygen atoms in total. The highest BCUT2D eigenvalue weighted by atomic mass is 16.5. The molecule has 1 saturated carbocycles. The highest BCUT2D eigenvalue weighted by Gasteiger charge is 2.31. The van der Waals surface area contributed by atoms with E-state index in [1.807, 2.05) is 12.4 Å². The van der Waals surface area contributed by atoms with E-state index in [1.165, 1.54) is 31.2 Å². The highest BCUT2D eigenvalue weighted by molar-refractivity contribution is 5.26. The zero-order valence-electron chi connectivity index (χ0n) is 14.0. The summed E-state index contributed by atoms with van der Waals surface area (Å²) in [5.41, 5.74) is 1.77. The number of ether oxygens (including phenoxy) is 1. The van der Waals surface area contributed by atoms with E-state index in [2.05, 4.69) is 44.2 Å². The van der Waals surface area contributed by atoms with Crippen LogP contribution < -0.4 is 10.1 Å². The van der Waals surface area contributed by atoms with Gasteiger partial charge in [-0.05, 0) is 62.1 Å². The zero-order chi connectivity index (χ0) is 15.3. The van der Waals surface area contributed by atoms with Crippen LogP contribution in [0.1, 0.15) is 64.5 Å². The average Bonchev–Trinajstić information content (AvgIpc) is 2.48. The van der Waals surface area contributed by atoms with Crippen molar-refractivity contribution in [3.63, 3.8) is 0 Å². The van der Waals surface area contributed by atoms with Crippen LogP contribution in [0.4, 0.5) is 0 Å². The van der Waals surface area contributed by atoms with Crippen LogP contribution in [0.2, 0.25) is 0 Å². The van der Waals surface area contributed by atoms with Gasteiger partial charge in [0.2, 0.25) is 0 Å².